The first kappa shape index (κ1) is 15.5. The standard InChI is InChI=1S/C17H21FN2O/c1-13-6-3-2-4-11-20(13)17(21)16-12-15(18)9-8-14(16)7-5-10-19/h8-9,12-13H,2-4,6,10-11,19H2,1H3. The van der Waals surface area contributed by atoms with Crippen molar-refractivity contribution in [2.75, 3.05) is 13.1 Å². The van der Waals surface area contributed by atoms with E-state index in [2.05, 4.69) is 11.8 Å². The van der Waals surface area contributed by atoms with Gasteiger partial charge in [0, 0.05) is 18.2 Å². The molecule has 3 nitrogen and oxygen atoms in total. The molecule has 1 aliphatic rings. The summed E-state index contributed by atoms with van der Waals surface area (Å²) in [5, 5.41) is 0. The maximum atomic E-state index is 13.5. The quantitative estimate of drug-likeness (QED) is 0.807. The van der Waals surface area contributed by atoms with Crippen molar-refractivity contribution < 1.29 is 9.18 Å². The molecule has 0 bridgehead atoms. The summed E-state index contributed by atoms with van der Waals surface area (Å²) in [6.07, 6.45) is 4.26. The fraction of sp³-hybridized carbons (Fsp3) is 0.471. The van der Waals surface area contributed by atoms with Gasteiger partial charge in [-0.05, 0) is 38.0 Å². The van der Waals surface area contributed by atoms with Crippen LogP contribution in [0.4, 0.5) is 4.39 Å². The number of nitrogens with zero attached hydrogens (tertiary/aromatic N) is 1. The van der Waals surface area contributed by atoms with Gasteiger partial charge >= 0.3 is 0 Å². The van der Waals surface area contributed by atoms with Crippen molar-refractivity contribution in [2.45, 2.75) is 38.6 Å². The number of hydrogen-bond acceptors (Lipinski definition) is 2. The molecule has 21 heavy (non-hydrogen) atoms. The highest BCUT2D eigenvalue weighted by atomic mass is 19.1. The molecule has 112 valence electrons. The maximum absolute atomic E-state index is 13.5. The molecule has 1 atom stereocenters. The molecule has 1 aliphatic heterocycles. The van der Waals surface area contributed by atoms with Gasteiger partial charge in [-0.15, -0.1) is 0 Å². The first-order valence-electron chi connectivity index (χ1n) is 7.43. The Bertz CT molecular complexity index is 574. The topological polar surface area (TPSA) is 46.3 Å². The normalized spacial score (nSPS) is 18.6. The second-order valence-corrected chi connectivity index (χ2v) is 5.39. The van der Waals surface area contributed by atoms with E-state index in [0.29, 0.717) is 11.1 Å². The van der Waals surface area contributed by atoms with Gasteiger partial charge in [0.15, 0.2) is 0 Å². The number of rotatable bonds is 1. The lowest BCUT2D eigenvalue weighted by Crippen LogP contribution is -2.38. The molecule has 4 heteroatoms. The van der Waals surface area contributed by atoms with Crippen LogP contribution in [-0.2, 0) is 0 Å². The van der Waals surface area contributed by atoms with Crippen molar-refractivity contribution in [3.63, 3.8) is 0 Å². The zero-order chi connectivity index (χ0) is 15.2. The van der Waals surface area contributed by atoms with Crippen LogP contribution in [0.3, 0.4) is 0 Å². The lowest BCUT2D eigenvalue weighted by atomic mass is 10.0. The third-order valence-corrected chi connectivity index (χ3v) is 3.85. The third kappa shape index (κ3) is 3.83. The molecule has 1 aromatic carbocycles. The minimum Gasteiger partial charge on any atom is -0.336 e. The molecule has 2 N–H and O–H groups in total. The molecule has 0 saturated carbocycles. The smallest absolute Gasteiger partial charge is 0.255 e. The lowest BCUT2D eigenvalue weighted by molar-refractivity contribution is 0.0697. The van der Waals surface area contributed by atoms with E-state index in [9.17, 15) is 9.18 Å². The number of amides is 1. The van der Waals surface area contributed by atoms with Gasteiger partial charge in [0.2, 0.25) is 0 Å². The molecule has 1 unspecified atom stereocenters. The van der Waals surface area contributed by atoms with Crippen LogP contribution >= 0.6 is 0 Å². The van der Waals surface area contributed by atoms with Crippen molar-refractivity contribution in [2.24, 2.45) is 5.73 Å². The van der Waals surface area contributed by atoms with Crippen molar-refractivity contribution >= 4 is 5.91 Å². The second-order valence-electron chi connectivity index (χ2n) is 5.39. The van der Waals surface area contributed by atoms with Crippen LogP contribution in [-0.4, -0.2) is 29.9 Å². The Balaban J connectivity index is 2.34. The summed E-state index contributed by atoms with van der Waals surface area (Å²) in [5.41, 5.74) is 6.26. The van der Waals surface area contributed by atoms with Crippen LogP contribution < -0.4 is 5.73 Å². The van der Waals surface area contributed by atoms with E-state index >= 15 is 0 Å². The van der Waals surface area contributed by atoms with E-state index in [-0.39, 0.29) is 18.5 Å². The maximum Gasteiger partial charge on any atom is 0.255 e. The van der Waals surface area contributed by atoms with Crippen LogP contribution in [0.2, 0.25) is 0 Å². The monoisotopic (exact) mass is 288 g/mol. The van der Waals surface area contributed by atoms with Gasteiger partial charge in [-0.1, -0.05) is 24.7 Å². The van der Waals surface area contributed by atoms with Gasteiger partial charge in [0.05, 0.1) is 12.1 Å². The van der Waals surface area contributed by atoms with Crippen molar-refractivity contribution in [1.82, 2.24) is 4.90 Å². The minimum atomic E-state index is -0.417. The molecule has 1 fully saturated rings. The SMILES string of the molecule is CC1CCCCCN1C(=O)c1cc(F)ccc1C#CCN. The van der Waals surface area contributed by atoms with Gasteiger partial charge in [0.25, 0.3) is 5.91 Å². The predicted octanol–water partition coefficient (Wildman–Crippen LogP) is 2.54. The molecule has 0 radical (unpaired) electrons. The zero-order valence-electron chi connectivity index (χ0n) is 12.4. The highest BCUT2D eigenvalue weighted by Gasteiger charge is 2.24. The molecule has 1 heterocycles. The zero-order valence-corrected chi connectivity index (χ0v) is 12.4. The van der Waals surface area contributed by atoms with Crippen molar-refractivity contribution in [3.05, 3.63) is 35.1 Å². The molecule has 1 saturated heterocycles. The summed E-state index contributed by atoms with van der Waals surface area (Å²) >= 11 is 0. The summed E-state index contributed by atoms with van der Waals surface area (Å²) in [7, 11) is 0. The molecule has 2 rings (SSSR count). The largest absolute Gasteiger partial charge is 0.336 e. The van der Waals surface area contributed by atoms with Crippen molar-refractivity contribution in [1.29, 1.82) is 0 Å². The molecule has 0 aliphatic carbocycles. The van der Waals surface area contributed by atoms with Gasteiger partial charge in [0.1, 0.15) is 5.82 Å². The van der Waals surface area contributed by atoms with E-state index < -0.39 is 5.82 Å². The number of nitrogens with two attached hydrogens (primary N) is 1. The summed E-state index contributed by atoms with van der Waals surface area (Å²) in [6, 6.07) is 4.33. The summed E-state index contributed by atoms with van der Waals surface area (Å²) < 4.78 is 13.5. The van der Waals surface area contributed by atoms with E-state index in [1.807, 2.05) is 11.8 Å². The summed E-state index contributed by atoms with van der Waals surface area (Å²) in [5.74, 6) is 5.04. The van der Waals surface area contributed by atoms with Crippen LogP contribution in [0.5, 0.6) is 0 Å². The Morgan fingerprint density at radius 2 is 2.24 bits per heavy atom. The summed E-state index contributed by atoms with van der Waals surface area (Å²) in [6.45, 7) is 2.99. The number of benzene rings is 1. The first-order valence-corrected chi connectivity index (χ1v) is 7.43. The van der Waals surface area contributed by atoms with E-state index in [1.54, 1.807) is 6.07 Å². The lowest BCUT2D eigenvalue weighted by Gasteiger charge is -2.27. The minimum absolute atomic E-state index is 0.134. The third-order valence-electron chi connectivity index (χ3n) is 3.85. The van der Waals surface area contributed by atoms with E-state index in [0.717, 1.165) is 32.2 Å². The average Bonchev–Trinajstić information content (AvgIpc) is 2.70. The molecule has 0 aromatic heterocycles. The van der Waals surface area contributed by atoms with Gasteiger partial charge in [-0.25, -0.2) is 4.39 Å². The molecule has 0 spiro atoms. The number of hydrogen-bond donors (Lipinski definition) is 1. The number of carbonyl (C=O) groups is 1. The Morgan fingerprint density at radius 1 is 1.43 bits per heavy atom. The van der Waals surface area contributed by atoms with Crippen LogP contribution in [0, 0.1) is 17.7 Å². The summed E-state index contributed by atoms with van der Waals surface area (Å²) in [4.78, 5) is 14.6. The Hall–Kier alpha value is -1.86. The van der Waals surface area contributed by atoms with E-state index in [4.69, 9.17) is 5.73 Å². The second kappa shape index (κ2) is 7.24. The number of carbonyl (C=O) groups excluding carboxylic acids is 1. The molecule has 1 amide bonds. The Morgan fingerprint density at radius 3 is 3.00 bits per heavy atom. The van der Waals surface area contributed by atoms with Gasteiger partial charge in [-0.2, -0.15) is 0 Å². The number of likely N-dealkylation sites (tertiary alicyclic amines) is 1. The van der Waals surface area contributed by atoms with Crippen LogP contribution in [0.1, 0.15) is 48.5 Å². The Labute approximate surface area is 125 Å². The first-order chi connectivity index (χ1) is 10.1. The molecular weight excluding hydrogens is 267 g/mol. The molecular formula is C17H21FN2O. The van der Waals surface area contributed by atoms with Gasteiger partial charge < -0.3 is 10.6 Å². The number of halogens is 1. The fourth-order valence-electron chi connectivity index (χ4n) is 2.68. The van der Waals surface area contributed by atoms with Crippen LogP contribution in [0.15, 0.2) is 18.2 Å². The van der Waals surface area contributed by atoms with Crippen LogP contribution in [0.25, 0.3) is 0 Å². The Kier molecular flexibility index (Phi) is 5.35. The predicted molar refractivity (Wildman–Crippen MR) is 81.3 cm³/mol. The highest BCUT2D eigenvalue weighted by molar-refractivity contribution is 5.97. The van der Waals surface area contributed by atoms with Gasteiger partial charge in [-0.3, -0.25) is 4.79 Å². The highest BCUT2D eigenvalue weighted by Crippen LogP contribution is 2.21. The fourth-order valence-corrected chi connectivity index (χ4v) is 2.68. The van der Waals surface area contributed by atoms with E-state index in [1.165, 1.54) is 12.1 Å². The average molecular weight is 288 g/mol. The molecule has 1 aromatic rings. The van der Waals surface area contributed by atoms with Crippen molar-refractivity contribution in [3.8, 4) is 11.8 Å².